The first-order valence-corrected chi connectivity index (χ1v) is 10.3. The molecule has 0 radical (unpaired) electrons. The van der Waals surface area contributed by atoms with Crippen LogP contribution < -0.4 is 5.14 Å². The summed E-state index contributed by atoms with van der Waals surface area (Å²) in [5, 5.41) is 5.16. The summed E-state index contributed by atoms with van der Waals surface area (Å²) in [6.45, 7) is 4.20. The maximum Gasteiger partial charge on any atom is 0.247 e. The standard InChI is InChI=1S/C12H18N2O4S3/c1-3-10(15)14(4-2)9-5-6-20(16)12-8(9)7-11(19-12)21(13,17)18/h7,9H,3-6H2,1-2H3,(H2,13,17,18). The molecule has 6 nitrogen and oxygen atoms in total. The van der Waals surface area contributed by atoms with E-state index >= 15 is 0 Å². The second-order valence-corrected chi connectivity index (χ2v) is 9.35. The first-order chi connectivity index (χ1) is 9.79. The smallest absolute Gasteiger partial charge is 0.247 e. The first kappa shape index (κ1) is 16.6. The number of carbonyl (C=O) groups is 1. The van der Waals surface area contributed by atoms with Crippen molar-refractivity contribution in [1.82, 2.24) is 4.90 Å². The molecule has 1 aliphatic rings. The normalized spacial score (nSPS) is 21.9. The molecular weight excluding hydrogens is 332 g/mol. The number of hydrogen-bond donors (Lipinski definition) is 1. The van der Waals surface area contributed by atoms with Gasteiger partial charge in [0.2, 0.25) is 15.9 Å². The van der Waals surface area contributed by atoms with Gasteiger partial charge < -0.3 is 4.90 Å². The van der Waals surface area contributed by atoms with Crippen LogP contribution in [0.5, 0.6) is 0 Å². The molecule has 21 heavy (non-hydrogen) atoms. The van der Waals surface area contributed by atoms with Gasteiger partial charge in [-0.1, -0.05) is 6.92 Å². The Morgan fingerprint density at radius 1 is 1.52 bits per heavy atom. The highest BCUT2D eigenvalue weighted by molar-refractivity contribution is 7.92. The number of carbonyl (C=O) groups excluding carboxylic acids is 1. The van der Waals surface area contributed by atoms with Crippen LogP contribution in [0.15, 0.2) is 14.5 Å². The van der Waals surface area contributed by atoms with Crippen molar-refractivity contribution in [3.63, 3.8) is 0 Å². The number of fused-ring (bicyclic) bond motifs is 1. The Kier molecular flexibility index (Phi) is 4.86. The zero-order chi connectivity index (χ0) is 15.8. The minimum Gasteiger partial charge on any atom is -0.336 e. The number of sulfonamides is 1. The first-order valence-electron chi connectivity index (χ1n) is 6.64. The van der Waals surface area contributed by atoms with Crippen LogP contribution in [0, 0.1) is 0 Å². The monoisotopic (exact) mass is 350 g/mol. The summed E-state index contributed by atoms with van der Waals surface area (Å²) in [7, 11) is -5.04. The van der Waals surface area contributed by atoms with Gasteiger partial charge in [0.25, 0.3) is 0 Å². The molecule has 0 aromatic carbocycles. The van der Waals surface area contributed by atoms with E-state index in [1.807, 2.05) is 6.92 Å². The summed E-state index contributed by atoms with van der Waals surface area (Å²) in [5.41, 5.74) is 0.664. The molecule has 1 aromatic rings. The van der Waals surface area contributed by atoms with Gasteiger partial charge in [-0.3, -0.25) is 9.00 Å². The number of thiophene rings is 1. The van der Waals surface area contributed by atoms with Crippen LogP contribution in [0.1, 0.15) is 38.3 Å². The number of amides is 1. The molecule has 0 saturated carbocycles. The maximum absolute atomic E-state index is 12.1. The van der Waals surface area contributed by atoms with Gasteiger partial charge in [0.05, 0.1) is 21.1 Å². The van der Waals surface area contributed by atoms with E-state index < -0.39 is 20.8 Å². The van der Waals surface area contributed by atoms with Crippen LogP contribution in [0.2, 0.25) is 0 Å². The number of nitrogens with two attached hydrogens (primary N) is 1. The van der Waals surface area contributed by atoms with Crippen molar-refractivity contribution < 1.29 is 17.4 Å². The molecule has 2 rings (SSSR count). The number of primary sulfonamides is 1. The molecule has 2 unspecified atom stereocenters. The summed E-state index contributed by atoms with van der Waals surface area (Å²) in [5.74, 6) is 0.430. The van der Waals surface area contributed by atoms with Crippen LogP contribution in [-0.2, 0) is 25.6 Å². The number of hydrogen-bond acceptors (Lipinski definition) is 5. The fourth-order valence-corrected chi connectivity index (χ4v) is 6.30. The van der Waals surface area contributed by atoms with Gasteiger partial charge in [-0.2, -0.15) is 0 Å². The van der Waals surface area contributed by atoms with Gasteiger partial charge in [0, 0.05) is 24.3 Å². The predicted octanol–water partition coefficient (Wildman–Crippen LogP) is 1.21. The Bertz CT molecular complexity index is 681. The SMILES string of the molecule is CCC(=O)N(CC)C1CCS(=O)c2sc(S(N)(=O)=O)cc21. The van der Waals surface area contributed by atoms with Crippen molar-refractivity contribution >= 4 is 38.1 Å². The average Bonchev–Trinajstić information content (AvgIpc) is 2.87. The van der Waals surface area contributed by atoms with E-state index in [9.17, 15) is 17.4 Å². The minimum absolute atomic E-state index is 0.00416. The lowest BCUT2D eigenvalue weighted by Crippen LogP contribution is -2.36. The second-order valence-electron chi connectivity index (χ2n) is 4.74. The molecule has 0 saturated heterocycles. The highest BCUT2D eigenvalue weighted by Gasteiger charge is 2.34. The lowest BCUT2D eigenvalue weighted by atomic mass is 10.1. The summed E-state index contributed by atoms with van der Waals surface area (Å²) >= 11 is 0.950. The molecule has 9 heteroatoms. The van der Waals surface area contributed by atoms with Gasteiger partial charge in [0.15, 0.2) is 0 Å². The third kappa shape index (κ3) is 3.20. The van der Waals surface area contributed by atoms with Gasteiger partial charge >= 0.3 is 0 Å². The van der Waals surface area contributed by atoms with Crippen LogP contribution in [0.4, 0.5) is 0 Å². The predicted molar refractivity (Wildman–Crippen MR) is 82.0 cm³/mol. The van der Waals surface area contributed by atoms with Crippen LogP contribution in [0.25, 0.3) is 0 Å². The Morgan fingerprint density at radius 3 is 2.71 bits per heavy atom. The maximum atomic E-state index is 12.1. The zero-order valence-electron chi connectivity index (χ0n) is 11.9. The Hall–Kier alpha value is -0.770. The van der Waals surface area contributed by atoms with Crippen molar-refractivity contribution in [2.75, 3.05) is 12.3 Å². The summed E-state index contributed by atoms with van der Waals surface area (Å²) in [4.78, 5) is 13.8. The zero-order valence-corrected chi connectivity index (χ0v) is 14.3. The Balaban J connectivity index is 2.50. The molecule has 118 valence electrons. The molecule has 0 fully saturated rings. The van der Waals surface area contributed by atoms with E-state index in [1.165, 1.54) is 6.07 Å². The van der Waals surface area contributed by atoms with Crippen molar-refractivity contribution in [2.24, 2.45) is 5.14 Å². The number of nitrogens with zero attached hydrogens (tertiary/aromatic N) is 1. The Labute approximate surface area is 130 Å². The summed E-state index contributed by atoms with van der Waals surface area (Å²) < 4.78 is 35.6. The van der Waals surface area contributed by atoms with Crippen LogP contribution in [-0.4, -0.2) is 35.7 Å². The molecule has 0 bridgehead atoms. The van der Waals surface area contributed by atoms with Crippen molar-refractivity contribution in [1.29, 1.82) is 0 Å². The largest absolute Gasteiger partial charge is 0.336 e. The van der Waals surface area contributed by atoms with Crippen LogP contribution in [0.3, 0.4) is 0 Å². The summed E-state index contributed by atoms with van der Waals surface area (Å²) in [6, 6.07) is 1.25. The lowest BCUT2D eigenvalue weighted by molar-refractivity contribution is -0.133. The molecule has 2 atom stereocenters. The average molecular weight is 350 g/mol. The lowest BCUT2D eigenvalue weighted by Gasteiger charge is -2.33. The number of rotatable bonds is 4. The second kappa shape index (κ2) is 6.15. The molecule has 1 aromatic heterocycles. The van der Waals surface area contributed by atoms with Crippen molar-refractivity contribution in [2.45, 2.75) is 41.1 Å². The molecular formula is C12H18N2O4S3. The highest BCUT2D eigenvalue weighted by Crippen LogP contribution is 2.40. The fourth-order valence-electron chi connectivity index (χ4n) is 2.48. The molecule has 2 N–H and O–H groups in total. The molecule has 0 spiro atoms. The van der Waals surface area contributed by atoms with Gasteiger partial charge in [-0.15, -0.1) is 11.3 Å². The topological polar surface area (TPSA) is 97.5 Å². The third-order valence-electron chi connectivity index (χ3n) is 3.46. The minimum atomic E-state index is -3.82. The summed E-state index contributed by atoms with van der Waals surface area (Å²) in [6.07, 6.45) is 0.953. The van der Waals surface area contributed by atoms with E-state index in [0.29, 0.717) is 34.9 Å². The van der Waals surface area contributed by atoms with Crippen molar-refractivity contribution in [3.8, 4) is 0 Å². The Morgan fingerprint density at radius 2 is 2.19 bits per heavy atom. The highest BCUT2D eigenvalue weighted by atomic mass is 32.3. The molecule has 1 amide bonds. The molecule has 0 aliphatic carbocycles. The van der Waals surface area contributed by atoms with E-state index in [4.69, 9.17) is 5.14 Å². The van der Waals surface area contributed by atoms with Crippen LogP contribution >= 0.6 is 11.3 Å². The van der Waals surface area contributed by atoms with E-state index in [1.54, 1.807) is 11.8 Å². The van der Waals surface area contributed by atoms with Crippen molar-refractivity contribution in [3.05, 3.63) is 11.6 Å². The molecule has 1 aliphatic heterocycles. The van der Waals surface area contributed by atoms with Gasteiger partial charge in [-0.05, 0) is 19.4 Å². The fraction of sp³-hybridized carbons (Fsp3) is 0.583. The third-order valence-corrected chi connectivity index (χ3v) is 7.89. The van der Waals surface area contributed by atoms with Gasteiger partial charge in [-0.25, -0.2) is 13.6 Å². The molecule has 2 heterocycles. The van der Waals surface area contributed by atoms with Gasteiger partial charge in [0.1, 0.15) is 4.21 Å². The van der Waals surface area contributed by atoms with E-state index in [0.717, 1.165) is 11.3 Å². The van der Waals surface area contributed by atoms with E-state index in [-0.39, 0.29) is 16.2 Å². The quantitative estimate of drug-likeness (QED) is 0.882. The van der Waals surface area contributed by atoms with E-state index in [2.05, 4.69) is 0 Å².